The third-order valence-electron chi connectivity index (χ3n) is 1.78. The average molecular weight is 182 g/mol. The van der Waals surface area contributed by atoms with Gasteiger partial charge in [0.25, 0.3) is 0 Å². The highest BCUT2D eigenvalue weighted by Crippen LogP contribution is 2.15. The quantitative estimate of drug-likeness (QED) is 0.587. The number of carbonyl (C=O) groups is 1. The largest absolute Gasteiger partial charge is 0.478 e. The van der Waals surface area contributed by atoms with Crippen LogP contribution in [0.3, 0.4) is 0 Å². The van der Waals surface area contributed by atoms with Crippen molar-refractivity contribution in [3.63, 3.8) is 0 Å². The number of carboxylic acids is 1. The minimum absolute atomic E-state index is 0.171. The van der Waals surface area contributed by atoms with Crippen molar-refractivity contribution < 1.29 is 20.1 Å². The fourth-order valence-electron chi connectivity index (χ4n) is 1.09. The van der Waals surface area contributed by atoms with E-state index in [1.165, 1.54) is 18.2 Å². The Kier molecular flexibility index (Phi) is 2.65. The van der Waals surface area contributed by atoms with E-state index in [1.807, 2.05) is 0 Å². The molecule has 1 aromatic carbocycles. The van der Waals surface area contributed by atoms with Gasteiger partial charge in [-0.25, -0.2) is 4.79 Å². The maximum absolute atomic E-state index is 10.6. The molecular formula is C9H10O4. The molecule has 0 radical (unpaired) electrons. The van der Waals surface area contributed by atoms with Crippen molar-refractivity contribution in [2.24, 2.45) is 0 Å². The zero-order valence-corrected chi connectivity index (χ0v) is 7.06. The summed E-state index contributed by atoms with van der Waals surface area (Å²) in [6, 6.07) is 4.17. The van der Waals surface area contributed by atoms with Crippen molar-refractivity contribution in [1.29, 1.82) is 0 Å². The van der Waals surface area contributed by atoms with Gasteiger partial charge in [0, 0.05) is 5.56 Å². The molecule has 0 bridgehead atoms. The molecule has 1 rings (SSSR count). The van der Waals surface area contributed by atoms with Gasteiger partial charge in [-0.05, 0) is 18.6 Å². The van der Waals surface area contributed by atoms with Gasteiger partial charge < -0.3 is 15.3 Å². The molecule has 3 N–H and O–H groups in total. The van der Waals surface area contributed by atoms with E-state index in [4.69, 9.17) is 15.3 Å². The highest BCUT2D eigenvalue weighted by Gasteiger charge is 2.09. The third kappa shape index (κ3) is 2.05. The lowest BCUT2D eigenvalue weighted by Crippen LogP contribution is -2.02. The molecule has 70 valence electrons. The van der Waals surface area contributed by atoms with Crippen molar-refractivity contribution in [2.45, 2.75) is 13.2 Å². The van der Waals surface area contributed by atoms with Gasteiger partial charge in [-0.3, -0.25) is 0 Å². The van der Waals surface area contributed by atoms with Crippen LogP contribution in [-0.2, 0) is 0 Å². The van der Waals surface area contributed by atoms with E-state index < -0.39 is 12.3 Å². The van der Waals surface area contributed by atoms with Crippen LogP contribution in [0.25, 0.3) is 0 Å². The molecule has 0 saturated heterocycles. The molecule has 0 unspecified atom stereocenters. The van der Waals surface area contributed by atoms with Crippen LogP contribution in [-0.4, -0.2) is 21.3 Å². The summed E-state index contributed by atoms with van der Waals surface area (Å²) in [6.45, 7) is 1.61. The van der Waals surface area contributed by atoms with E-state index in [0.717, 1.165) is 0 Å². The topological polar surface area (TPSA) is 77.8 Å². The molecule has 0 aromatic heterocycles. The Hall–Kier alpha value is -1.39. The molecule has 4 heteroatoms. The van der Waals surface area contributed by atoms with E-state index in [9.17, 15) is 4.79 Å². The lowest BCUT2D eigenvalue weighted by atomic mass is 10.1. The van der Waals surface area contributed by atoms with Gasteiger partial charge in [0.15, 0.2) is 6.29 Å². The van der Waals surface area contributed by atoms with Crippen LogP contribution >= 0.6 is 0 Å². The maximum atomic E-state index is 10.6. The van der Waals surface area contributed by atoms with Gasteiger partial charge >= 0.3 is 5.97 Å². The summed E-state index contributed by atoms with van der Waals surface area (Å²) in [4.78, 5) is 10.6. The fourth-order valence-corrected chi connectivity index (χ4v) is 1.09. The Labute approximate surface area is 75.1 Å². The molecule has 0 aliphatic carbocycles. The smallest absolute Gasteiger partial charge is 0.335 e. The van der Waals surface area contributed by atoms with Crippen LogP contribution in [0.4, 0.5) is 0 Å². The lowest BCUT2D eigenvalue weighted by Gasteiger charge is -2.06. The van der Waals surface area contributed by atoms with E-state index in [2.05, 4.69) is 0 Å². The summed E-state index contributed by atoms with van der Waals surface area (Å²) < 4.78 is 0. The third-order valence-corrected chi connectivity index (χ3v) is 1.78. The molecule has 13 heavy (non-hydrogen) atoms. The molecule has 0 fully saturated rings. The van der Waals surface area contributed by atoms with Crippen LogP contribution in [0.2, 0.25) is 0 Å². The molecule has 0 amide bonds. The maximum Gasteiger partial charge on any atom is 0.335 e. The Morgan fingerprint density at radius 2 is 2.00 bits per heavy atom. The first-order valence-corrected chi connectivity index (χ1v) is 3.72. The van der Waals surface area contributed by atoms with Crippen LogP contribution < -0.4 is 0 Å². The van der Waals surface area contributed by atoms with E-state index in [-0.39, 0.29) is 5.56 Å². The molecular weight excluding hydrogens is 172 g/mol. The van der Waals surface area contributed by atoms with Crippen LogP contribution in [0.5, 0.6) is 0 Å². The molecule has 4 nitrogen and oxygen atoms in total. The van der Waals surface area contributed by atoms with Crippen LogP contribution in [0, 0.1) is 6.92 Å². The number of aromatic carboxylic acids is 1. The average Bonchev–Trinajstić information content (AvgIpc) is 2.03. The summed E-state index contributed by atoms with van der Waals surface area (Å²) in [5.41, 5.74) is 0.977. The second-order valence-electron chi connectivity index (χ2n) is 2.75. The van der Waals surface area contributed by atoms with Crippen LogP contribution in [0.15, 0.2) is 18.2 Å². The van der Waals surface area contributed by atoms with Crippen LogP contribution in [0.1, 0.15) is 27.8 Å². The summed E-state index contributed by atoms with van der Waals surface area (Å²) in [7, 11) is 0. The first-order chi connectivity index (χ1) is 6.02. The standard InChI is InChI=1S/C9H10O4/c1-5-4-6(8(10)11)2-3-7(5)9(12)13/h2-4,8,10-11H,1H3,(H,12,13). The van der Waals surface area contributed by atoms with Crippen molar-refractivity contribution >= 4 is 5.97 Å². The van der Waals surface area contributed by atoms with Crippen molar-refractivity contribution in [1.82, 2.24) is 0 Å². The zero-order chi connectivity index (χ0) is 10.0. The summed E-state index contributed by atoms with van der Waals surface area (Å²) >= 11 is 0. The second kappa shape index (κ2) is 3.55. The Bertz CT molecular complexity index is 330. The first-order valence-electron chi connectivity index (χ1n) is 3.72. The first kappa shape index (κ1) is 9.70. The Morgan fingerprint density at radius 1 is 1.38 bits per heavy atom. The number of aliphatic hydroxyl groups excluding tert-OH is 1. The molecule has 0 saturated carbocycles. The molecule has 0 heterocycles. The summed E-state index contributed by atoms with van der Waals surface area (Å²) in [6.07, 6.45) is -1.55. The van der Waals surface area contributed by atoms with Gasteiger partial charge in [-0.1, -0.05) is 12.1 Å². The van der Waals surface area contributed by atoms with Gasteiger partial charge in [0.1, 0.15) is 0 Å². The van der Waals surface area contributed by atoms with Gasteiger partial charge in [0.2, 0.25) is 0 Å². The van der Waals surface area contributed by atoms with E-state index >= 15 is 0 Å². The summed E-state index contributed by atoms with van der Waals surface area (Å²) in [5, 5.41) is 26.2. The zero-order valence-electron chi connectivity index (χ0n) is 7.06. The fraction of sp³-hybridized carbons (Fsp3) is 0.222. The van der Waals surface area contributed by atoms with Gasteiger partial charge in [-0.15, -0.1) is 0 Å². The minimum atomic E-state index is -1.55. The number of aryl methyl sites for hydroxylation is 1. The second-order valence-corrected chi connectivity index (χ2v) is 2.75. The predicted octanol–water partition coefficient (Wildman–Crippen LogP) is 0.676. The van der Waals surface area contributed by atoms with E-state index in [0.29, 0.717) is 11.1 Å². The van der Waals surface area contributed by atoms with E-state index in [1.54, 1.807) is 6.92 Å². The SMILES string of the molecule is Cc1cc(C(O)O)ccc1C(=O)O. The summed E-state index contributed by atoms with van der Waals surface area (Å²) in [5.74, 6) is -1.02. The molecule has 0 atom stereocenters. The molecule has 1 aromatic rings. The normalized spacial score (nSPS) is 10.5. The number of benzene rings is 1. The van der Waals surface area contributed by atoms with Gasteiger partial charge in [0.05, 0.1) is 5.56 Å². The highest BCUT2D eigenvalue weighted by molar-refractivity contribution is 5.89. The monoisotopic (exact) mass is 182 g/mol. The number of rotatable bonds is 2. The number of hydrogen-bond acceptors (Lipinski definition) is 3. The predicted molar refractivity (Wildman–Crippen MR) is 45.3 cm³/mol. The van der Waals surface area contributed by atoms with Crippen molar-refractivity contribution in [3.8, 4) is 0 Å². The highest BCUT2D eigenvalue weighted by atomic mass is 16.5. The Balaban J connectivity index is 3.13. The molecule has 0 spiro atoms. The molecule has 0 aliphatic heterocycles. The minimum Gasteiger partial charge on any atom is -0.478 e. The number of carboxylic acid groups (broad SMARTS) is 1. The number of aliphatic hydroxyl groups is 2. The van der Waals surface area contributed by atoms with Crippen molar-refractivity contribution in [3.05, 3.63) is 34.9 Å². The number of hydrogen-bond donors (Lipinski definition) is 3. The van der Waals surface area contributed by atoms with Gasteiger partial charge in [-0.2, -0.15) is 0 Å². The molecule has 0 aliphatic rings. The van der Waals surface area contributed by atoms with Crippen molar-refractivity contribution in [2.75, 3.05) is 0 Å². The lowest BCUT2D eigenvalue weighted by molar-refractivity contribution is -0.0425. The Morgan fingerprint density at radius 3 is 2.38 bits per heavy atom.